The maximum atomic E-state index is 6.07. The SMILES string of the molecule is Cc1ccc(-c2cc(N)n(-c3ccccc3)n2)cc1Br. The van der Waals surface area contributed by atoms with Crippen LogP contribution < -0.4 is 5.73 Å². The van der Waals surface area contributed by atoms with Gasteiger partial charge in [-0.3, -0.25) is 0 Å². The predicted octanol–water partition coefficient (Wildman–Crippen LogP) is 4.19. The summed E-state index contributed by atoms with van der Waals surface area (Å²) in [7, 11) is 0. The van der Waals surface area contributed by atoms with E-state index in [4.69, 9.17) is 5.73 Å². The molecule has 3 rings (SSSR count). The Morgan fingerprint density at radius 3 is 2.50 bits per heavy atom. The van der Waals surface area contributed by atoms with Gasteiger partial charge in [0.1, 0.15) is 5.82 Å². The molecule has 1 aromatic heterocycles. The van der Waals surface area contributed by atoms with Gasteiger partial charge in [-0.25, -0.2) is 4.68 Å². The lowest BCUT2D eigenvalue weighted by Gasteiger charge is -2.03. The average molecular weight is 328 g/mol. The van der Waals surface area contributed by atoms with Crippen molar-refractivity contribution < 1.29 is 0 Å². The minimum Gasteiger partial charge on any atom is -0.384 e. The Balaban J connectivity index is 2.06. The number of para-hydroxylation sites is 1. The summed E-state index contributed by atoms with van der Waals surface area (Å²) in [4.78, 5) is 0. The standard InChI is InChI=1S/C16H14BrN3/c1-11-7-8-12(9-14(11)17)15-10-16(18)20(19-15)13-5-3-2-4-6-13/h2-10H,18H2,1H3. The van der Waals surface area contributed by atoms with Crippen LogP contribution in [0.5, 0.6) is 0 Å². The summed E-state index contributed by atoms with van der Waals surface area (Å²) in [6, 6.07) is 18.0. The predicted molar refractivity (Wildman–Crippen MR) is 85.8 cm³/mol. The number of nitrogens with zero attached hydrogens (tertiary/aromatic N) is 2. The molecule has 0 aliphatic carbocycles. The van der Waals surface area contributed by atoms with Gasteiger partial charge in [0.2, 0.25) is 0 Å². The zero-order valence-corrected chi connectivity index (χ0v) is 12.6. The van der Waals surface area contributed by atoms with E-state index in [1.165, 1.54) is 5.56 Å². The summed E-state index contributed by atoms with van der Waals surface area (Å²) >= 11 is 3.55. The second kappa shape index (κ2) is 5.13. The summed E-state index contributed by atoms with van der Waals surface area (Å²) < 4.78 is 2.83. The van der Waals surface area contributed by atoms with Crippen LogP contribution in [-0.4, -0.2) is 9.78 Å². The van der Waals surface area contributed by atoms with Crippen LogP contribution in [0.3, 0.4) is 0 Å². The monoisotopic (exact) mass is 327 g/mol. The van der Waals surface area contributed by atoms with Crippen LogP contribution in [0.25, 0.3) is 16.9 Å². The molecule has 100 valence electrons. The van der Waals surface area contributed by atoms with Crippen molar-refractivity contribution in [3.8, 4) is 16.9 Å². The van der Waals surface area contributed by atoms with Crippen LogP contribution in [0.15, 0.2) is 59.1 Å². The molecule has 0 radical (unpaired) electrons. The second-order valence-corrected chi connectivity index (χ2v) is 5.52. The summed E-state index contributed by atoms with van der Waals surface area (Å²) in [5.74, 6) is 0.628. The molecule has 20 heavy (non-hydrogen) atoms. The third-order valence-corrected chi connectivity index (χ3v) is 4.06. The van der Waals surface area contributed by atoms with Gasteiger partial charge in [0.05, 0.1) is 11.4 Å². The van der Waals surface area contributed by atoms with Gasteiger partial charge in [-0.2, -0.15) is 5.10 Å². The van der Waals surface area contributed by atoms with Crippen LogP contribution in [0.1, 0.15) is 5.56 Å². The molecule has 3 aromatic rings. The summed E-state index contributed by atoms with van der Waals surface area (Å²) in [6.45, 7) is 2.06. The largest absolute Gasteiger partial charge is 0.384 e. The van der Waals surface area contributed by atoms with Gasteiger partial charge in [0.25, 0.3) is 0 Å². The fourth-order valence-electron chi connectivity index (χ4n) is 2.06. The highest BCUT2D eigenvalue weighted by atomic mass is 79.9. The first-order chi connectivity index (χ1) is 9.65. The van der Waals surface area contributed by atoms with Crippen molar-refractivity contribution in [2.24, 2.45) is 0 Å². The minimum absolute atomic E-state index is 0.628. The van der Waals surface area contributed by atoms with Gasteiger partial charge in [-0.05, 0) is 30.7 Å². The number of benzene rings is 2. The van der Waals surface area contributed by atoms with E-state index in [-0.39, 0.29) is 0 Å². The third kappa shape index (κ3) is 2.34. The van der Waals surface area contributed by atoms with Crippen molar-refractivity contribution in [3.63, 3.8) is 0 Å². The highest BCUT2D eigenvalue weighted by Crippen LogP contribution is 2.27. The maximum Gasteiger partial charge on any atom is 0.127 e. The van der Waals surface area contributed by atoms with Gasteiger partial charge in [0, 0.05) is 16.1 Å². The highest BCUT2D eigenvalue weighted by molar-refractivity contribution is 9.10. The Labute approximate surface area is 126 Å². The number of nitrogens with two attached hydrogens (primary N) is 1. The zero-order chi connectivity index (χ0) is 14.1. The fraction of sp³-hybridized carbons (Fsp3) is 0.0625. The van der Waals surface area contributed by atoms with Gasteiger partial charge in [-0.1, -0.05) is 46.3 Å². The molecule has 0 saturated heterocycles. The Hall–Kier alpha value is -2.07. The van der Waals surface area contributed by atoms with Crippen molar-refractivity contribution in [1.29, 1.82) is 0 Å². The summed E-state index contributed by atoms with van der Waals surface area (Å²) in [5.41, 5.74) is 10.1. The molecule has 0 spiro atoms. The maximum absolute atomic E-state index is 6.07. The molecule has 0 bridgehead atoms. The van der Waals surface area contributed by atoms with Gasteiger partial charge >= 0.3 is 0 Å². The Morgan fingerprint density at radius 2 is 1.80 bits per heavy atom. The quantitative estimate of drug-likeness (QED) is 0.766. The zero-order valence-electron chi connectivity index (χ0n) is 11.0. The number of rotatable bonds is 2. The van der Waals surface area contributed by atoms with E-state index in [0.29, 0.717) is 5.82 Å². The first kappa shape index (κ1) is 12.9. The number of anilines is 1. The second-order valence-electron chi connectivity index (χ2n) is 4.67. The van der Waals surface area contributed by atoms with Crippen LogP contribution in [0.4, 0.5) is 5.82 Å². The third-order valence-electron chi connectivity index (χ3n) is 3.21. The van der Waals surface area contributed by atoms with E-state index in [1.54, 1.807) is 4.68 Å². The first-order valence-corrected chi connectivity index (χ1v) is 7.12. The molecule has 0 aliphatic rings. The van der Waals surface area contributed by atoms with E-state index >= 15 is 0 Å². The molecular formula is C16H14BrN3. The Bertz CT molecular complexity index is 748. The van der Waals surface area contributed by atoms with Gasteiger partial charge < -0.3 is 5.73 Å². The van der Waals surface area contributed by atoms with E-state index in [2.05, 4.69) is 46.2 Å². The lowest BCUT2D eigenvalue weighted by atomic mass is 10.1. The lowest BCUT2D eigenvalue weighted by molar-refractivity contribution is 0.895. The molecule has 0 fully saturated rings. The minimum atomic E-state index is 0.628. The molecule has 4 heteroatoms. The smallest absolute Gasteiger partial charge is 0.127 e. The van der Waals surface area contributed by atoms with E-state index in [9.17, 15) is 0 Å². The van der Waals surface area contributed by atoms with Crippen molar-refractivity contribution in [1.82, 2.24) is 9.78 Å². The van der Waals surface area contributed by atoms with Crippen LogP contribution >= 0.6 is 15.9 Å². The summed E-state index contributed by atoms with van der Waals surface area (Å²) in [6.07, 6.45) is 0. The lowest BCUT2D eigenvalue weighted by Crippen LogP contribution is -2.01. The molecular weight excluding hydrogens is 314 g/mol. The number of aromatic nitrogens is 2. The molecule has 2 N–H and O–H groups in total. The van der Waals surface area contributed by atoms with E-state index < -0.39 is 0 Å². The average Bonchev–Trinajstić information content (AvgIpc) is 2.85. The number of nitrogen functional groups attached to an aromatic ring is 1. The molecule has 0 unspecified atom stereocenters. The molecule has 0 atom stereocenters. The van der Waals surface area contributed by atoms with Crippen LogP contribution in [-0.2, 0) is 0 Å². The van der Waals surface area contributed by atoms with Crippen LogP contribution in [0, 0.1) is 6.92 Å². The highest BCUT2D eigenvalue weighted by Gasteiger charge is 2.09. The normalized spacial score (nSPS) is 10.7. The van der Waals surface area contributed by atoms with Crippen molar-refractivity contribution in [2.45, 2.75) is 6.92 Å². The van der Waals surface area contributed by atoms with Gasteiger partial charge in [0.15, 0.2) is 0 Å². The molecule has 1 heterocycles. The fourth-order valence-corrected chi connectivity index (χ4v) is 2.44. The van der Waals surface area contributed by atoms with E-state index in [0.717, 1.165) is 21.4 Å². The first-order valence-electron chi connectivity index (χ1n) is 6.32. The number of hydrogen-bond acceptors (Lipinski definition) is 2. The summed E-state index contributed by atoms with van der Waals surface area (Å²) in [5, 5.41) is 4.59. The molecule has 0 saturated carbocycles. The molecule has 2 aromatic carbocycles. The van der Waals surface area contributed by atoms with Crippen LogP contribution in [0.2, 0.25) is 0 Å². The van der Waals surface area contributed by atoms with Crippen molar-refractivity contribution in [3.05, 3.63) is 64.6 Å². The molecule has 3 nitrogen and oxygen atoms in total. The molecule has 0 aliphatic heterocycles. The number of hydrogen-bond donors (Lipinski definition) is 1. The van der Waals surface area contributed by atoms with E-state index in [1.807, 2.05) is 36.4 Å². The molecule has 0 amide bonds. The Kier molecular flexibility index (Phi) is 3.32. The number of aryl methyl sites for hydroxylation is 1. The van der Waals surface area contributed by atoms with Crippen molar-refractivity contribution in [2.75, 3.05) is 5.73 Å². The van der Waals surface area contributed by atoms with Crippen molar-refractivity contribution >= 4 is 21.7 Å². The number of halogens is 1. The van der Waals surface area contributed by atoms with Gasteiger partial charge in [-0.15, -0.1) is 0 Å². The Morgan fingerprint density at radius 1 is 1.05 bits per heavy atom. The topological polar surface area (TPSA) is 43.8 Å².